The predicted octanol–water partition coefficient (Wildman–Crippen LogP) is 2.10. The number of hydrogen-bond acceptors (Lipinski definition) is 4. The van der Waals surface area contributed by atoms with Crippen LogP contribution >= 0.6 is 11.6 Å². The molecule has 1 saturated carbocycles. The summed E-state index contributed by atoms with van der Waals surface area (Å²) in [7, 11) is 0. The fourth-order valence-corrected chi connectivity index (χ4v) is 2.66. The van der Waals surface area contributed by atoms with Crippen LogP contribution in [-0.2, 0) is 4.79 Å². The van der Waals surface area contributed by atoms with Gasteiger partial charge in [-0.15, -0.1) is 0 Å². The van der Waals surface area contributed by atoms with Gasteiger partial charge in [0.25, 0.3) is 0 Å². The van der Waals surface area contributed by atoms with Crippen molar-refractivity contribution >= 4 is 28.9 Å². The molecule has 1 aromatic carbocycles. The van der Waals surface area contributed by atoms with Gasteiger partial charge >= 0.3 is 0 Å². The second kappa shape index (κ2) is 7.11. The summed E-state index contributed by atoms with van der Waals surface area (Å²) >= 11 is 5.87. The first-order chi connectivity index (χ1) is 10.0. The molecule has 4 N–H and O–H groups in total. The highest BCUT2D eigenvalue weighted by atomic mass is 35.5. The van der Waals surface area contributed by atoms with Crippen LogP contribution in [0.25, 0.3) is 0 Å². The first-order valence-electron chi connectivity index (χ1n) is 7.25. The summed E-state index contributed by atoms with van der Waals surface area (Å²) in [6, 6.07) is 5.14. The van der Waals surface area contributed by atoms with E-state index in [1.54, 1.807) is 18.2 Å². The Bertz CT molecular complexity index is 506. The molecular weight excluding hydrogens is 290 g/mol. The molecule has 1 aliphatic carbocycles. The van der Waals surface area contributed by atoms with Crippen LogP contribution in [0.4, 0.5) is 11.4 Å². The highest BCUT2D eigenvalue weighted by Gasteiger charge is 2.31. The minimum Gasteiger partial charge on any atom is -0.397 e. The number of nitrogens with two attached hydrogens (primary N) is 1. The summed E-state index contributed by atoms with van der Waals surface area (Å²) in [6.45, 7) is 2.44. The standard InChI is InChI=1S/C15H22ClN3O2/c1-10(19(7-8-20)12-3-2-4-12)15(21)18-11-5-6-13(16)14(17)9-11/h5-6,9-10,12,20H,2-4,7-8,17H2,1H3,(H,18,21). The van der Waals surface area contributed by atoms with E-state index in [1.165, 1.54) is 6.42 Å². The van der Waals surface area contributed by atoms with Crippen LogP contribution in [0.15, 0.2) is 18.2 Å². The quantitative estimate of drug-likeness (QED) is 0.703. The predicted molar refractivity (Wildman–Crippen MR) is 85.4 cm³/mol. The van der Waals surface area contributed by atoms with E-state index < -0.39 is 0 Å². The number of nitrogens with zero attached hydrogens (tertiary/aromatic N) is 1. The summed E-state index contributed by atoms with van der Waals surface area (Å²) < 4.78 is 0. The average molecular weight is 312 g/mol. The topological polar surface area (TPSA) is 78.6 Å². The van der Waals surface area contributed by atoms with Gasteiger partial charge in [0, 0.05) is 18.3 Å². The first kappa shape index (κ1) is 16.1. The Balaban J connectivity index is 2.01. The number of halogens is 1. The molecule has 21 heavy (non-hydrogen) atoms. The molecule has 116 valence electrons. The molecular formula is C15H22ClN3O2. The van der Waals surface area contributed by atoms with Crippen LogP contribution in [0, 0.1) is 0 Å². The Labute approximate surface area is 130 Å². The second-order valence-electron chi connectivity index (χ2n) is 5.45. The van der Waals surface area contributed by atoms with Crippen molar-refractivity contribution in [3.8, 4) is 0 Å². The maximum atomic E-state index is 12.4. The Kier molecular flexibility index (Phi) is 5.45. The van der Waals surface area contributed by atoms with Crippen LogP contribution < -0.4 is 11.1 Å². The van der Waals surface area contributed by atoms with Crippen LogP contribution in [0.2, 0.25) is 5.02 Å². The highest BCUT2D eigenvalue weighted by molar-refractivity contribution is 6.33. The molecule has 1 aliphatic rings. The Morgan fingerprint density at radius 3 is 2.81 bits per heavy atom. The number of rotatable bonds is 6. The monoisotopic (exact) mass is 311 g/mol. The van der Waals surface area contributed by atoms with E-state index in [1.807, 2.05) is 6.92 Å². The third kappa shape index (κ3) is 3.87. The van der Waals surface area contributed by atoms with Crippen molar-refractivity contribution in [2.24, 2.45) is 0 Å². The number of aliphatic hydroxyl groups excluding tert-OH is 1. The van der Waals surface area contributed by atoms with E-state index in [-0.39, 0.29) is 18.6 Å². The Morgan fingerprint density at radius 2 is 2.29 bits per heavy atom. The SMILES string of the molecule is CC(C(=O)Nc1ccc(Cl)c(N)c1)N(CCO)C1CCC1. The molecule has 2 rings (SSSR count). The van der Waals surface area contributed by atoms with Crippen molar-refractivity contribution in [2.45, 2.75) is 38.3 Å². The molecule has 0 spiro atoms. The molecule has 1 atom stereocenters. The van der Waals surface area contributed by atoms with E-state index in [4.69, 9.17) is 17.3 Å². The lowest BCUT2D eigenvalue weighted by molar-refractivity contribution is -0.122. The molecule has 1 unspecified atom stereocenters. The maximum Gasteiger partial charge on any atom is 0.241 e. The number of carbonyl (C=O) groups is 1. The van der Waals surface area contributed by atoms with Gasteiger partial charge in [0.15, 0.2) is 0 Å². The lowest BCUT2D eigenvalue weighted by Gasteiger charge is -2.40. The molecule has 1 aromatic rings. The zero-order valence-electron chi connectivity index (χ0n) is 12.2. The van der Waals surface area contributed by atoms with Crippen molar-refractivity contribution in [1.29, 1.82) is 0 Å². The molecule has 0 saturated heterocycles. The summed E-state index contributed by atoms with van der Waals surface area (Å²) in [5, 5.41) is 12.5. The maximum absolute atomic E-state index is 12.4. The number of anilines is 2. The molecule has 5 nitrogen and oxygen atoms in total. The molecule has 0 aromatic heterocycles. The molecule has 1 amide bonds. The fourth-order valence-electron chi connectivity index (χ4n) is 2.55. The van der Waals surface area contributed by atoms with Gasteiger partial charge < -0.3 is 16.2 Å². The number of aliphatic hydroxyl groups is 1. The van der Waals surface area contributed by atoms with Gasteiger partial charge in [-0.1, -0.05) is 18.0 Å². The number of nitrogen functional groups attached to an aromatic ring is 1. The first-order valence-corrected chi connectivity index (χ1v) is 7.63. The summed E-state index contributed by atoms with van der Waals surface area (Å²) in [4.78, 5) is 14.4. The molecule has 0 bridgehead atoms. The number of amides is 1. The number of benzene rings is 1. The largest absolute Gasteiger partial charge is 0.397 e. The average Bonchev–Trinajstić information content (AvgIpc) is 2.39. The minimum atomic E-state index is -0.292. The van der Waals surface area contributed by atoms with Crippen molar-refractivity contribution in [3.05, 3.63) is 23.2 Å². The van der Waals surface area contributed by atoms with E-state index >= 15 is 0 Å². The third-order valence-electron chi connectivity index (χ3n) is 4.04. The van der Waals surface area contributed by atoms with E-state index in [9.17, 15) is 9.90 Å². The number of hydrogen-bond donors (Lipinski definition) is 3. The number of carbonyl (C=O) groups excluding carboxylic acids is 1. The zero-order chi connectivity index (χ0) is 15.4. The van der Waals surface area contributed by atoms with Gasteiger partial charge in [-0.2, -0.15) is 0 Å². The van der Waals surface area contributed by atoms with Crippen molar-refractivity contribution in [2.75, 3.05) is 24.2 Å². The van der Waals surface area contributed by atoms with Gasteiger partial charge in [0.1, 0.15) is 0 Å². The van der Waals surface area contributed by atoms with Gasteiger partial charge in [0.05, 0.1) is 23.4 Å². The van der Waals surface area contributed by atoms with Crippen molar-refractivity contribution in [3.63, 3.8) is 0 Å². The fraction of sp³-hybridized carbons (Fsp3) is 0.533. The van der Waals surface area contributed by atoms with E-state index in [0.717, 1.165) is 12.8 Å². The van der Waals surface area contributed by atoms with Gasteiger partial charge in [-0.25, -0.2) is 0 Å². The molecule has 6 heteroatoms. The van der Waals surface area contributed by atoms with Gasteiger partial charge in [-0.3, -0.25) is 9.69 Å². The van der Waals surface area contributed by atoms with E-state index in [0.29, 0.717) is 29.0 Å². The summed E-state index contributed by atoms with van der Waals surface area (Å²) in [5.41, 5.74) is 6.80. The lowest BCUT2D eigenvalue weighted by Crippen LogP contribution is -2.51. The van der Waals surface area contributed by atoms with Gasteiger partial charge in [-0.05, 0) is 38.0 Å². The van der Waals surface area contributed by atoms with Crippen LogP contribution in [-0.4, -0.2) is 41.1 Å². The Hall–Kier alpha value is -1.30. The summed E-state index contributed by atoms with van der Waals surface area (Å²) in [6.07, 6.45) is 3.37. The third-order valence-corrected chi connectivity index (χ3v) is 4.39. The molecule has 0 heterocycles. The molecule has 0 radical (unpaired) electrons. The van der Waals surface area contributed by atoms with Crippen LogP contribution in [0.3, 0.4) is 0 Å². The second-order valence-corrected chi connectivity index (χ2v) is 5.85. The molecule has 1 fully saturated rings. The molecule has 0 aliphatic heterocycles. The lowest BCUT2D eigenvalue weighted by atomic mass is 9.90. The van der Waals surface area contributed by atoms with Crippen molar-refractivity contribution < 1.29 is 9.90 Å². The normalized spacial score (nSPS) is 16.6. The highest BCUT2D eigenvalue weighted by Crippen LogP contribution is 2.27. The van der Waals surface area contributed by atoms with Crippen LogP contribution in [0.1, 0.15) is 26.2 Å². The zero-order valence-corrected chi connectivity index (χ0v) is 12.9. The van der Waals surface area contributed by atoms with Crippen LogP contribution in [0.5, 0.6) is 0 Å². The number of nitrogens with one attached hydrogen (secondary N) is 1. The van der Waals surface area contributed by atoms with Crippen molar-refractivity contribution in [1.82, 2.24) is 4.90 Å². The summed E-state index contributed by atoms with van der Waals surface area (Å²) in [5.74, 6) is -0.0999. The Morgan fingerprint density at radius 1 is 1.57 bits per heavy atom. The minimum absolute atomic E-state index is 0.0576. The van der Waals surface area contributed by atoms with E-state index in [2.05, 4.69) is 10.2 Å². The van der Waals surface area contributed by atoms with Gasteiger partial charge in [0.2, 0.25) is 5.91 Å². The smallest absolute Gasteiger partial charge is 0.241 e.